The van der Waals surface area contributed by atoms with Crippen molar-refractivity contribution in [3.05, 3.63) is 140 Å². The van der Waals surface area contributed by atoms with Gasteiger partial charge in [-0.2, -0.15) is 0 Å². The van der Waals surface area contributed by atoms with Crippen LogP contribution < -0.4 is 38.2 Å². The minimum absolute atomic E-state index is 0.164. The van der Waals surface area contributed by atoms with Crippen LogP contribution in [0.5, 0.6) is 0 Å². The molecule has 0 aliphatic carbocycles. The molecule has 58 heavy (non-hydrogen) atoms. The molecule has 0 fully saturated rings. The lowest BCUT2D eigenvalue weighted by Gasteiger charge is -2.19. The van der Waals surface area contributed by atoms with Crippen molar-refractivity contribution in [3.63, 3.8) is 0 Å². The molecule has 0 unspecified atom stereocenters. The molecule has 0 saturated heterocycles. The molecular formula is C48H23B7N2O. The Hall–Kier alpha value is -6.39. The van der Waals surface area contributed by atoms with Crippen molar-refractivity contribution in [1.29, 1.82) is 0 Å². The number of furan rings is 1. The highest BCUT2D eigenvalue weighted by atomic mass is 16.3. The Kier molecular flexibility index (Phi) is 7.69. The first kappa shape index (κ1) is 34.8. The monoisotopic (exact) mass is 720 g/mol. The van der Waals surface area contributed by atoms with Crippen molar-refractivity contribution >= 4 is 159 Å². The summed E-state index contributed by atoms with van der Waals surface area (Å²) in [4.78, 5) is 0. The first-order valence-corrected chi connectivity index (χ1v) is 18.9. The first-order valence-electron chi connectivity index (χ1n) is 18.9. The Labute approximate surface area is 343 Å². The van der Waals surface area contributed by atoms with Crippen LogP contribution in [-0.2, 0) is 0 Å². The first-order chi connectivity index (χ1) is 28.2. The van der Waals surface area contributed by atoms with E-state index < -0.39 is 0 Å². The zero-order valence-corrected chi connectivity index (χ0v) is 31.1. The van der Waals surface area contributed by atoms with Gasteiger partial charge in [-0.1, -0.05) is 112 Å². The second kappa shape index (κ2) is 12.8. The predicted octanol–water partition coefficient (Wildman–Crippen LogP) is 4.67. The summed E-state index contributed by atoms with van der Waals surface area (Å²) >= 11 is 0. The Morgan fingerprint density at radius 2 is 0.931 bits per heavy atom. The standard InChI is InChI=1S/C48H23B7N2O/c49-40-36(26-19-21-32-30(23-26)29-22-25(24-10-3-1-4-11-24)18-20-31(29)56(32)27-12-5-2-6-13-27)41(50)45(54)47-38(40)39-42(51)43(52)44(53)46(55)48(39)57(47)33-15-9-17-35-37(33)28-14-7-8-16-34(28)58-35/h1-23H. The van der Waals surface area contributed by atoms with E-state index in [2.05, 4.69) is 59.2 Å². The third-order valence-electron chi connectivity index (χ3n) is 11.7. The van der Waals surface area contributed by atoms with Gasteiger partial charge in [-0.15, -0.1) is 10.9 Å². The molecule has 14 radical (unpaired) electrons. The highest BCUT2D eigenvalue weighted by Gasteiger charge is 2.26. The second-order valence-corrected chi connectivity index (χ2v) is 14.8. The van der Waals surface area contributed by atoms with Crippen LogP contribution in [0.15, 0.2) is 144 Å². The maximum absolute atomic E-state index is 7.38. The van der Waals surface area contributed by atoms with E-state index in [1.165, 1.54) is 0 Å². The molecule has 11 rings (SSSR count). The van der Waals surface area contributed by atoms with E-state index in [0.717, 1.165) is 66.2 Å². The lowest BCUT2D eigenvalue weighted by atomic mass is 9.64. The third kappa shape index (κ3) is 4.78. The van der Waals surface area contributed by atoms with Crippen LogP contribution in [0, 0.1) is 0 Å². The number of hydrogen-bond acceptors (Lipinski definition) is 1. The number of hydrogen-bond donors (Lipinski definition) is 0. The van der Waals surface area contributed by atoms with Crippen LogP contribution in [0.2, 0.25) is 0 Å². The van der Waals surface area contributed by atoms with E-state index in [4.69, 9.17) is 59.3 Å². The van der Waals surface area contributed by atoms with Crippen LogP contribution in [-0.4, -0.2) is 64.1 Å². The molecule has 3 nitrogen and oxygen atoms in total. The summed E-state index contributed by atoms with van der Waals surface area (Å²) in [5, 5.41) is 4.95. The lowest BCUT2D eigenvalue weighted by molar-refractivity contribution is 0.669. The summed E-state index contributed by atoms with van der Waals surface area (Å²) in [6.07, 6.45) is 0. The van der Waals surface area contributed by atoms with Gasteiger partial charge in [0, 0.05) is 38.3 Å². The molecule has 0 atom stereocenters. The lowest BCUT2D eigenvalue weighted by Crippen LogP contribution is -2.48. The molecule has 3 heterocycles. The molecule has 0 aliphatic rings. The smallest absolute Gasteiger partial charge is 0.137 e. The van der Waals surface area contributed by atoms with Crippen molar-refractivity contribution < 1.29 is 4.42 Å². The summed E-state index contributed by atoms with van der Waals surface area (Å²) in [6, 6.07) is 47.2. The summed E-state index contributed by atoms with van der Waals surface area (Å²) in [6.45, 7) is 0. The number of fused-ring (bicyclic) bond motifs is 9. The largest absolute Gasteiger partial charge is 0.456 e. The maximum atomic E-state index is 7.38. The molecule has 11 aromatic rings. The average molecular weight is 719 g/mol. The maximum Gasteiger partial charge on any atom is 0.137 e. The van der Waals surface area contributed by atoms with Gasteiger partial charge in [0.15, 0.2) is 0 Å². The summed E-state index contributed by atoms with van der Waals surface area (Å²) in [5.74, 6) is 0. The molecule has 8 aromatic carbocycles. The van der Waals surface area contributed by atoms with Gasteiger partial charge in [-0.05, 0) is 82.2 Å². The fourth-order valence-corrected chi connectivity index (χ4v) is 9.03. The minimum atomic E-state index is 0.164. The van der Waals surface area contributed by atoms with E-state index in [9.17, 15) is 0 Å². The van der Waals surface area contributed by atoms with Gasteiger partial charge < -0.3 is 13.6 Å². The van der Waals surface area contributed by atoms with Crippen LogP contribution >= 0.6 is 0 Å². The number of aromatic nitrogens is 2. The molecule has 252 valence electrons. The fourth-order valence-electron chi connectivity index (χ4n) is 9.03. The van der Waals surface area contributed by atoms with E-state index in [0.29, 0.717) is 49.3 Å². The number of rotatable bonds is 4. The van der Waals surface area contributed by atoms with Crippen molar-refractivity contribution in [2.75, 3.05) is 0 Å². The molecular weight excluding hydrogens is 696 g/mol. The van der Waals surface area contributed by atoms with E-state index in [1.54, 1.807) is 0 Å². The van der Waals surface area contributed by atoms with Crippen LogP contribution in [0.25, 0.3) is 99.2 Å². The molecule has 0 bridgehead atoms. The van der Waals surface area contributed by atoms with Gasteiger partial charge in [-0.3, -0.25) is 0 Å². The van der Waals surface area contributed by atoms with Crippen molar-refractivity contribution in [2.24, 2.45) is 0 Å². The Morgan fingerprint density at radius 1 is 0.362 bits per heavy atom. The molecule has 0 saturated carbocycles. The number of para-hydroxylation sites is 2. The second-order valence-electron chi connectivity index (χ2n) is 14.8. The summed E-state index contributed by atoms with van der Waals surface area (Å²) in [7, 11) is 48.7. The topological polar surface area (TPSA) is 23.0 Å². The van der Waals surface area contributed by atoms with E-state index >= 15 is 0 Å². The SMILES string of the molecule is [B]c1c([B])c([B])c2c(c1[B])c1c([B])c(-c3ccc4c(c3)c3cc(-c5ccccc5)ccc3n4-c3ccccc3)c([B])c([B])c1n2-c1cccc2oc3ccccc3c12. The van der Waals surface area contributed by atoms with Gasteiger partial charge in [0.05, 0.1) is 22.1 Å². The Morgan fingerprint density at radius 3 is 1.66 bits per heavy atom. The zero-order valence-electron chi connectivity index (χ0n) is 31.1. The quantitative estimate of drug-likeness (QED) is 0.243. The fraction of sp³-hybridized carbons (Fsp3) is 0. The van der Waals surface area contributed by atoms with E-state index in [-0.39, 0.29) is 21.9 Å². The molecule has 0 aliphatic heterocycles. The minimum Gasteiger partial charge on any atom is -0.456 e. The zero-order chi connectivity index (χ0) is 39.6. The van der Waals surface area contributed by atoms with Crippen LogP contribution in [0.3, 0.4) is 0 Å². The third-order valence-corrected chi connectivity index (χ3v) is 11.7. The average Bonchev–Trinajstić information content (AvgIpc) is 3.93. The molecule has 0 amide bonds. The Bertz CT molecular complexity index is 3530. The van der Waals surface area contributed by atoms with Crippen molar-refractivity contribution in [3.8, 4) is 33.6 Å². The predicted molar refractivity (Wildman–Crippen MR) is 251 cm³/mol. The molecule has 3 aromatic heterocycles. The molecule has 0 N–H and O–H groups in total. The van der Waals surface area contributed by atoms with Crippen LogP contribution in [0.1, 0.15) is 0 Å². The van der Waals surface area contributed by atoms with Crippen molar-refractivity contribution in [2.45, 2.75) is 0 Å². The summed E-state index contributed by atoms with van der Waals surface area (Å²) in [5.41, 5.74) is 11.7. The van der Waals surface area contributed by atoms with Gasteiger partial charge in [0.25, 0.3) is 0 Å². The number of nitrogens with zero attached hydrogens (tertiary/aromatic N) is 2. The highest BCUT2D eigenvalue weighted by Crippen LogP contribution is 2.39. The molecule has 0 spiro atoms. The van der Waals surface area contributed by atoms with Crippen LogP contribution in [0.4, 0.5) is 0 Å². The van der Waals surface area contributed by atoms with Gasteiger partial charge >= 0.3 is 0 Å². The van der Waals surface area contributed by atoms with Gasteiger partial charge in [0.2, 0.25) is 0 Å². The molecule has 10 heteroatoms. The highest BCUT2D eigenvalue weighted by molar-refractivity contribution is 6.69. The van der Waals surface area contributed by atoms with E-state index in [1.807, 2.05) is 89.5 Å². The summed E-state index contributed by atoms with van der Waals surface area (Å²) < 4.78 is 10.5. The van der Waals surface area contributed by atoms with Gasteiger partial charge in [0.1, 0.15) is 66.1 Å². The van der Waals surface area contributed by atoms with Gasteiger partial charge in [-0.25, -0.2) is 0 Å². The normalized spacial score (nSPS) is 11.9. The number of benzene rings is 8. The van der Waals surface area contributed by atoms with Crippen molar-refractivity contribution in [1.82, 2.24) is 9.13 Å². The Balaban J connectivity index is 1.25.